The minimum atomic E-state index is -4.14. The SMILES string of the molecule is Cc1c([N+](=O)[O-])cccc1S(=O)(=O)Oc1ccc(C(C)C)cc1. The summed E-state index contributed by atoms with van der Waals surface area (Å²) in [5.41, 5.74) is 0.849. The second-order valence-electron chi connectivity index (χ2n) is 5.42. The molecule has 0 unspecified atom stereocenters. The summed E-state index contributed by atoms with van der Waals surface area (Å²) >= 11 is 0. The second kappa shape index (κ2) is 6.37. The van der Waals surface area contributed by atoms with E-state index in [4.69, 9.17) is 4.18 Å². The maximum atomic E-state index is 12.4. The zero-order valence-corrected chi connectivity index (χ0v) is 13.8. The van der Waals surface area contributed by atoms with Gasteiger partial charge in [0.05, 0.1) is 4.92 Å². The number of hydrogen-bond donors (Lipinski definition) is 0. The van der Waals surface area contributed by atoms with Gasteiger partial charge in [0.25, 0.3) is 5.69 Å². The van der Waals surface area contributed by atoms with E-state index >= 15 is 0 Å². The minimum Gasteiger partial charge on any atom is -0.379 e. The first-order chi connectivity index (χ1) is 10.7. The average molecular weight is 335 g/mol. The highest BCUT2D eigenvalue weighted by molar-refractivity contribution is 7.87. The minimum absolute atomic E-state index is 0.0521. The van der Waals surface area contributed by atoms with Crippen LogP contribution in [0.15, 0.2) is 47.4 Å². The first-order valence-corrected chi connectivity index (χ1v) is 8.41. The molecule has 0 aliphatic rings. The predicted molar refractivity (Wildman–Crippen MR) is 86.2 cm³/mol. The van der Waals surface area contributed by atoms with Crippen molar-refractivity contribution in [1.82, 2.24) is 0 Å². The van der Waals surface area contributed by atoms with E-state index in [0.29, 0.717) is 5.92 Å². The standard InChI is InChI=1S/C16H17NO5S/c1-11(2)13-7-9-14(10-8-13)22-23(20,21)16-6-4-5-15(12(16)3)17(18)19/h4-11H,1-3H3. The van der Waals surface area contributed by atoms with Gasteiger partial charge in [0.2, 0.25) is 0 Å². The highest BCUT2D eigenvalue weighted by Crippen LogP contribution is 2.28. The lowest BCUT2D eigenvalue weighted by Crippen LogP contribution is -2.12. The Morgan fingerprint density at radius 1 is 1.09 bits per heavy atom. The van der Waals surface area contributed by atoms with Gasteiger partial charge in [-0.3, -0.25) is 10.1 Å². The second-order valence-corrected chi connectivity index (χ2v) is 6.93. The first kappa shape index (κ1) is 17.0. The van der Waals surface area contributed by atoms with Crippen LogP contribution in [-0.4, -0.2) is 13.3 Å². The Balaban J connectivity index is 2.36. The van der Waals surface area contributed by atoms with Gasteiger partial charge in [-0.25, -0.2) is 0 Å². The maximum Gasteiger partial charge on any atom is 0.339 e. The Morgan fingerprint density at radius 3 is 2.22 bits per heavy atom. The summed E-state index contributed by atoms with van der Waals surface area (Å²) in [5.74, 6) is 0.486. The molecule has 0 aromatic heterocycles. The Bertz CT molecular complexity index is 826. The van der Waals surface area contributed by atoms with Gasteiger partial charge in [0.15, 0.2) is 0 Å². The molecule has 23 heavy (non-hydrogen) atoms. The molecule has 0 amide bonds. The zero-order chi connectivity index (χ0) is 17.2. The summed E-state index contributed by atoms with van der Waals surface area (Å²) in [7, 11) is -4.14. The third-order valence-corrected chi connectivity index (χ3v) is 4.87. The highest BCUT2D eigenvalue weighted by Gasteiger charge is 2.24. The molecule has 122 valence electrons. The molecule has 2 aromatic carbocycles. The third kappa shape index (κ3) is 3.68. The summed E-state index contributed by atoms with van der Waals surface area (Å²) in [6.45, 7) is 5.44. The van der Waals surface area contributed by atoms with E-state index in [1.165, 1.54) is 25.1 Å². The summed E-state index contributed by atoms with van der Waals surface area (Å²) in [5, 5.41) is 10.9. The van der Waals surface area contributed by atoms with Crippen LogP contribution < -0.4 is 4.18 Å². The van der Waals surface area contributed by atoms with Crippen molar-refractivity contribution in [2.24, 2.45) is 0 Å². The van der Waals surface area contributed by atoms with Crippen molar-refractivity contribution < 1.29 is 17.5 Å². The summed E-state index contributed by atoms with van der Waals surface area (Å²) < 4.78 is 29.8. The van der Waals surface area contributed by atoms with Crippen LogP contribution in [0.2, 0.25) is 0 Å². The molecule has 0 atom stereocenters. The van der Waals surface area contributed by atoms with Gasteiger partial charge in [-0.2, -0.15) is 8.42 Å². The van der Waals surface area contributed by atoms with E-state index in [1.807, 2.05) is 13.8 Å². The van der Waals surface area contributed by atoms with Gasteiger partial charge >= 0.3 is 10.1 Å². The molecule has 0 N–H and O–H groups in total. The van der Waals surface area contributed by atoms with E-state index in [1.54, 1.807) is 24.3 Å². The van der Waals surface area contributed by atoms with Crippen molar-refractivity contribution in [2.45, 2.75) is 31.6 Å². The van der Waals surface area contributed by atoms with Crippen molar-refractivity contribution >= 4 is 15.8 Å². The van der Waals surface area contributed by atoms with Crippen LogP contribution in [-0.2, 0) is 10.1 Å². The van der Waals surface area contributed by atoms with Crippen LogP contribution >= 0.6 is 0 Å². The van der Waals surface area contributed by atoms with Gasteiger partial charge in [0, 0.05) is 11.6 Å². The maximum absolute atomic E-state index is 12.4. The van der Waals surface area contributed by atoms with Crippen LogP contribution in [0.5, 0.6) is 5.75 Å². The molecule has 0 bridgehead atoms. The highest BCUT2D eigenvalue weighted by atomic mass is 32.2. The quantitative estimate of drug-likeness (QED) is 0.471. The summed E-state index contributed by atoms with van der Waals surface area (Å²) in [6, 6.07) is 10.6. The van der Waals surface area contributed by atoms with E-state index < -0.39 is 15.0 Å². The molecule has 2 rings (SSSR count). The molecule has 0 saturated heterocycles. The molecule has 0 heterocycles. The van der Waals surface area contributed by atoms with Crippen LogP contribution in [0.4, 0.5) is 5.69 Å². The summed E-state index contributed by atoms with van der Waals surface area (Å²) in [4.78, 5) is 10.1. The van der Waals surface area contributed by atoms with Crippen molar-refractivity contribution in [3.63, 3.8) is 0 Å². The Kier molecular flexibility index (Phi) is 4.70. The molecule has 0 saturated carbocycles. The van der Waals surface area contributed by atoms with E-state index in [-0.39, 0.29) is 21.9 Å². The van der Waals surface area contributed by atoms with Crippen LogP contribution in [0.1, 0.15) is 30.9 Å². The topological polar surface area (TPSA) is 86.5 Å². The fourth-order valence-corrected chi connectivity index (χ4v) is 3.33. The monoisotopic (exact) mass is 335 g/mol. The van der Waals surface area contributed by atoms with Crippen LogP contribution in [0.25, 0.3) is 0 Å². The lowest BCUT2D eigenvalue weighted by molar-refractivity contribution is -0.385. The molecule has 0 radical (unpaired) electrons. The fourth-order valence-electron chi connectivity index (χ4n) is 2.15. The molecule has 0 aliphatic carbocycles. The fraction of sp³-hybridized carbons (Fsp3) is 0.250. The van der Waals surface area contributed by atoms with Gasteiger partial charge in [-0.1, -0.05) is 32.0 Å². The third-order valence-electron chi connectivity index (χ3n) is 3.47. The summed E-state index contributed by atoms with van der Waals surface area (Å²) in [6.07, 6.45) is 0. The average Bonchev–Trinajstić information content (AvgIpc) is 2.47. The number of rotatable bonds is 5. The first-order valence-electron chi connectivity index (χ1n) is 7.01. The number of nitro benzene ring substituents is 1. The molecule has 0 spiro atoms. The largest absolute Gasteiger partial charge is 0.379 e. The molecule has 2 aromatic rings. The van der Waals surface area contributed by atoms with Gasteiger partial charge < -0.3 is 4.18 Å². The molecule has 0 aliphatic heterocycles. The normalized spacial score (nSPS) is 11.5. The Hall–Kier alpha value is -2.41. The van der Waals surface area contributed by atoms with E-state index in [9.17, 15) is 18.5 Å². The van der Waals surface area contributed by atoms with Crippen molar-refractivity contribution in [3.8, 4) is 5.75 Å². The Labute approximate surface area is 135 Å². The molecular formula is C16H17NO5S. The molecule has 6 nitrogen and oxygen atoms in total. The Morgan fingerprint density at radius 2 is 1.70 bits per heavy atom. The molecule has 0 fully saturated rings. The van der Waals surface area contributed by atoms with Crippen LogP contribution in [0.3, 0.4) is 0 Å². The van der Waals surface area contributed by atoms with E-state index in [2.05, 4.69) is 0 Å². The van der Waals surface area contributed by atoms with Crippen molar-refractivity contribution in [3.05, 3.63) is 63.7 Å². The zero-order valence-electron chi connectivity index (χ0n) is 13.0. The number of hydrogen-bond acceptors (Lipinski definition) is 5. The lowest BCUT2D eigenvalue weighted by atomic mass is 10.0. The number of benzene rings is 2. The molecule has 7 heteroatoms. The molecular weight excluding hydrogens is 318 g/mol. The number of nitrogens with zero attached hydrogens (tertiary/aromatic N) is 1. The van der Waals surface area contributed by atoms with Gasteiger partial charge in [0.1, 0.15) is 10.6 Å². The van der Waals surface area contributed by atoms with Crippen LogP contribution in [0, 0.1) is 17.0 Å². The lowest BCUT2D eigenvalue weighted by Gasteiger charge is -2.10. The van der Waals surface area contributed by atoms with Gasteiger partial charge in [-0.05, 0) is 36.6 Å². The smallest absolute Gasteiger partial charge is 0.339 e. The predicted octanol–water partition coefficient (Wildman–Crippen LogP) is 3.79. The van der Waals surface area contributed by atoms with E-state index in [0.717, 1.165) is 5.56 Å². The van der Waals surface area contributed by atoms with Crippen molar-refractivity contribution in [2.75, 3.05) is 0 Å². The van der Waals surface area contributed by atoms with Gasteiger partial charge in [-0.15, -0.1) is 0 Å². The van der Waals surface area contributed by atoms with Crippen molar-refractivity contribution in [1.29, 1.82) is 0 Å². The number of nitro groups is 1.